The molecule has 164 valence electrons. The van der Waals surface area contributed by atoms with Gasteiger partial charge in [-0.1, -0.05) is 42.5 Å². The van der Waals surface area contributed by atoms with Crippen molar-refractivity contribution in [2.75, 3.05) is 31.6 Å². The number of rotatable bonds is 8. The summed E-state index contributed by atoms with van der Waals surface area (Å²) in [4.78, 5) is 39.3. The van der Waals surface area contributed by atoms with Gasteiger partial charge in [0.1, 0.15) is 0 Å². The molecule has 1 aliphatic heterocycles. The number of benzene rings is 2. The summed E-state index contributed by atoms with van der Waals surface area (Å²) in [5.41, 5.74) is 1.88. The van der Waals surface area contributed by atoms with Gasteiger partial charge in [-0.25, -0.2) is 0 Å². The van der Waals surface area contributed by atoms with Crippen molar-refractivity contribution in [2.24, 2.45) is 5.92 Å². The number of anilines is 1. The van der Waals surface area contributed by atoms with Gasteiger partial charge in [-0.15, -0.1) is 0 Å². The summed E-state index contributed by atoms with van der Waals surface area (Å²) in [6.07, 6.45) is 1.62. The van der Waals surface area contributed by atoms with Crippen LogP contribution >= 0.6 is 0 Å². The SMILES string of the molecule is CCOC(=O)[C@H]1CCCN(CC(=O)Nc2ccccc2C(=O)NCc2ccccc2)C1. The van der Waals surface area contributed by atoms with Crippen LogP contribution in [0.15, 0.2) is 54.6 Å². The Bertz CT molecular complexity index is 901. The van der Waals surface area contributed by atoms with Crippen LogP contribution in [0.25, 0.3) is 0 Å². The largest absolute Gasteiger partial charge is 0.466 e. The third kappa shape index (κ3) is 6.65. The van der Waals surface area contributed by atoms with Crippen LogP contribution in [0.3, 0.4) is 0 Å². The number of carbonyl (C=O) groups is 3. The van der Waals surface area contributed by atoms with Gasteiger partial charge in [0.25, 0.3) is 5.91 Å². The van der Waals surface area contributed by atoms with Crippen molar-refractivity contribution in [3.05, 3.63) is 65.7 Å². The molecular weight excluding hydrogens is 394 g/mol. The van der Waals surface area contributed by atoms with Gasteiger partial charge in [0.05, 0.1) is 30.3 Å². The second-order valence-corrected chi connectivity index (χ2v) is 7.59. The van der Waals surface area contributed by atoms with E-state index in [1.165, 1.54) is 0 Å². The Morgan fingerprint density at radius 3 is 2.58 bits per heavy atom. The van der Waals surface area contributed by atoms with E-state index >= 15 is 0 Å². The highest BCUT2D eigenvalue weighted by atomic mass is 16.5. The van der Waals surface area contributed by atoms with E-state index in [9.17, 15) is 14.4 Å². The molecule has 7 nitrogen and oxygen atoms in total. The van der Waals surface area contributed by atoms with E-state index in [2.05, 4.69) is 10.6 Å². The Hall–Kier alpha value is -3.19. The van der Waals surface area contributed by atoms with Crippen molar-refractivity contribution in [1.82, 2.24) is 10.2 Å². The lowest BCUT2D eigenvalue weighted by Gasteiger charge is -2.30. The number of para-hydroxylation sites is 1. The lowest BCUT2D eigenvalue weighted by molar-refractivity contribution is -0.150. The van der Waals surface area contributed by atoms with Gasteiger partial charge in [-0.2, -0.15) is 0 Å². The van der Waals surface area contributed by atoms with Crippen LogP contribution in [-0.2, 0) is 20.9 Å². The van der Waals surface area contributed by atoms with Gasteiger partial charge in [-0.3, -0.25) is 19.3 Å². The molecule has 2 N–H and O–H groups in total. The van der Waals surface area contributed by atoms with Crippen molar-refractivity contribution >= 4 is 23.5 Å². The minimum absolute atomic E-state index is 0.163. The highest BCUT2D eigenvalue weighted by Gasteiger charge is 2.28. The Balaban J connectivity index is 1.56. The molecule has 1 atom stereocenters. The number of hydrogen-bond acceptors (Lipinski definition) is 5. The number of likely N-dealkylation sites (tertiary alicyclic amines) is 1. The van der Waals surface area contributed by atoms with Crippen molar-refractivity contribution in [1.29, 1.82) is 0 Å². The fourth-order valence-electron chi connectivity index (χ4n) is 3.71. The Kier molecular flexibility index (Phi) is 8.18. The molecular formula is C24H29N3O4. The number of carbonyl (C=O) groups excluding carboxylic acids is 3. The van der Waals surface area contributed by atoms with Crippen molar-refractivity contribution in [2.45, 2.75) is 26.3 Å². The molecule has 1 saturated heterocycles. The number of piperidine rings is 1. The van der Waals surface area contributed by atoms with E-state index in [1.807, 2.05) is 35.2 Å². The quantitative estimate of drug-likeness (QED) is 0.638. The average molecular weight is 424 g/mol. The second kappa shape index (κ2) is 11.3. The maximum atomic E-state index is 12.7. The zero-order chi connectivity index (χ0) is 22.1. The predicted octanol–water partition coefficient (Wildman–Crippen LogP) is 2.83. The minimum Gasteiger partial charge on any atom is -0.466 e. The topological polar surface area (TPSA) is 87.7 Å². The van der Waals surface area contributed by atoms with Gasteiger partial charge < -0.3 is 15.4 Å². The monoisotopic (exact) mass is 423 g/mol. The zero-order valence-corrected chi connectivity index (χ0v) is 17.8. The van der Waals surface area contributed by atoms with E-state index in [1.54, 1.807) is 31.2 Å². The van der Waals surface area contributed by atoms with Gasteiger partial charge in [-0.05, 0) is 44.0 Å². The summed E-state index contributed by atoms with van der Waals surface area (Å²) in [5, 5.41) is 5.74. The van der Waals surface area contributed by atoms with E-state index in [0.29, 0.717) is 30.9 Å². The number of esters is 1. The third-order valence-corrected chi connectivity index (χ3v) is 5.23. The fourth-order valence-corrected chi connectivity index (χ4v) is 3.71. The van der Waals surface area contributed by atoms with Gasteiger partial charge in [0, 0.05) is 13.1 Å². The van der Waals surface area contributed by atoms with E-state index in [4.69, 9.17) is 4.74 Å². The molecule has 1 fully saturated rings. The molecule has 2 amide bonds. The number of nitrogens with one attached hydrogen (secondary N) is 2. The number of amides is 2. The Labute approximate surface area is 182 Å². The predicted molar refractivity (Wildman–Crippen MR) is 118 cm³/mol. The van der Waals surface area contributed by atoms with Gasteiger partial charge in [0.15, 0.2) is 0 Å². The zero-order valence-electron chi connectivity index (χ0n) is 17.8. The van der Waals surface area contributed by atoms with Crippen LogP contribution in [0.2, 0.25) is 0 Å². The maximum absolute atomic E-state index is 12.7. The molecule has 0 unspecified atom stereocenters. The third-order valence-electron chi connectivity index (χ3n) is 5.23. The normalized spacial score (nSPS) is 16.4. The molecule has 0 spiro atoms. The van der Waals surface area contributed by atoms with Crippen molar-refractivity contribution < 1.29 is 19.1 Å². The molecule has 0 aromatic heterocycles. The van der Waals surface area contributed by atoms with Crippen molar-refractivity contribution in [3.63, 3.8) is 0 Å². The molecule has 2 aromatic rings. The molecule has 0 saturated carbocycles. The standard InChI is InChI=1S/C24H29N3O4/c1-2-31-24(30)19-11-8-14-27(16-19)17-22(28)26-21-13-7-6-12-20(21)23(29)25-15-18-9-4-3-5-10-18/h3-7,9-10,12-13,19H,2,8,11,14-17H2,1H3,(H,25,29)(H,26,28)/t19-/m0/s1. The fraction of sp³-hybridized carbons (Fsp3) is 0.375. The Morgan fingerprint density at radius 1 is 1.06 bits per heavy atom. The van der Waals surface area contributed by atoms with Crippen molar-refractivity contribution in [3.8, 4) is 0 Å². The van der Waals surface area contributed by atoms with Crippen LogP contribution in [-0.4, -0.2) is 48.9 Å². The molecule has 3 rings (SSSR count). The van der Waals surface area contributed by atoms with E-state index in [-0.39, 0.29) is 30.2 Å². The van der Waals surface area contributed by atoms with Crippen LogP contribution < -0.4 is 10.6 Å². The maximum Gasteiger partial charge on any atom is 0.310 e. The lowest BCUT2D eigenvalue weighted by atomic mass is 9.98. The molecule has 2 aromatic carbocycles. The first-order valence-electron chi connectivity index (χ1n) is 10.7. The lowest BCUT2D eigenvalue weighted by Crippen LogP contribution is -2.43. The van der Waals surface area contributed by atoms with Gasteiger partial charge >= 0.3 is 5.97 Å². The molecule has 1 aliphatic rings. The van der Waals surface area contributed by atoms with Crippen LogP contribution in [0.4, 0.5) is 5.69 Å². The van der Waals surface area contributed by atoms with E-state index < -0.39 is 0 Å². The molecule has 7 heteroatoms. The highest BCUT2D eigenvalue weighted by molar-refractivity contribution is 6.04. The first-order chi connectivity index (χ1) is 15.1. The summed E-state index contributed by atoms with van der Waals surface area (Å²) in [6.45, 7) is 3.98. The second-order valence-electron chi connectivity index (χ2n) is 7.59. The van der Waals surface area contributed by atoms with Crippen LogP contribution in [0, 0.1) is 5.92 Å². The molecule has 31 heavy (non-hydrogen) atoms. The molecule has 0 radical (unpaired) electrons. The molecule has 1 heterocycles. The molecule has 0 bridgehead atoms. The number of ether oxygens (including phenoxy) is 1. The summed E-state index contributed by atoms with van der Waals surface area (Å²) >= 11 is 0. The molecule has 0 aliphatic carbocycles. The highest BCUT2D eigenvalue weighted by Crippen LogP contribution is 2.19. The van der Waals surface area contributed by atoms with Crippen LogP contribution in [0.1, 0.15) is 35.7 Å². The average Bonchev–Trinajstić information content (AvgIpc) is 2.79. The summed E-state index contributed by atoms with van der Waals surface area (Å²) in [6, 6.07) is 16.6. The first kappa shape index (κ1) is 22.5. The van der Waals surface area contributed by atoms with Crippen LogP contribution in [0.5, 0.6) is 0 Å². The number of hydrogen-bond donors (Lipinski definition) is 2. The first-order valence-corrected chi connectivity index (χ1v) is 10.7. The summed E-state index contributed by atoms with van der Waals surface area (Å²) < 4.78 is 5.12. The van der Waals surface area contributed by atoms with E-state index in [0.717, 1.165) is 24.9 Å². The summed E-state index contributed by atoms with van der Waals surface area (Å²) in [7, 11) is 0. The number of nitrogens with zero attached hydrogens (tertiary/aromatic N) is 1. The van der Waals surface area contributed by atoms with Gasteiger partial charge in [0.2, 0.25) is 5.91 Å². The summed E-state index contributed by atoms with van der Waals surface area (Å²) in [5.74, 6) is -0.862. The smallest absolute Gasteiger partial charge is 0.310 e. The minimum atomic E-state index is -0.250. The Morgan fingerprint density at radius 2 is 1.81 bits per heavy atom.